The number of nitrogens with two attached hydrogens (primary N) is 1. The topological polar surface area (TPSA) is 53.1 Å². The van der Waals surface area contributed by atoms with Crippen molar-refractivity contribution in [2.24, 2.45) is 5.92 Å². The maximum Gasteiger partial charge on any atom is 0.201 e. The molecule has 0 saturated carbocycles. The quantitative estimate of drug-likeness (QED) is 0.623. The summed E-state index contributed by atoms with van der Waals surface area (Å²) in [5, 5.41) is 0. The Hall–Kier alpha value is -3.26. The van der Waals surface area contributed by atoms with Gasteiger partial charge in [0.25, 0.3) is 0 Å². The fraction of sp³-hybridized carbons (Fsp3) is 0.261. The Morgan fingerprint density at radius 2 is 2.00 bits per heavy atom. The SMILES string of the molecule is C#C/C=C(\c1ccc(OC)c(F)c1)c1ccc2nc(N)n(CCC(C)C)c2c1. The third-order valence-electron chi connectivity index (χ3n) is 4.71. The number of terminal acetylenes is 1. The number of hydrogen-bond acceptors (Lipinski definition) is 3. The Kier molecular flexibility index (Phi) is 5.70. The molecule has 1 aromatic heterocycles. The minimum absolute atomic E-state index is 0.193. The Labute approximate surface area is 164 Å². The predicted molar refractivity (Wildman–Crippen MR) is 112 cm³/mol. The van der Waals surface area contributed by atoms with E-state index in [1.165, 1.54) is 13.2 Å². The van der Waals surface area contributed by atoms with Crippen LogP contribution in [0.25, 0.3) is 16.6 Å². The van der Waals surface area contributed by atoms with Crippen molar-refractivity contribution in [1.82, 2.24) is 9.55 Å². The highest BCUT2D eigenvalue weighted by Gasteiger charge is 2.13. The Bertz CT molecular complexity index is 1070. The number of aromatic nitrogens is 2. The molecule has 2 aromatic carbocycles. The highest BCUT2D eigenvalue weighted by molar-refractivity contribution is 5.88. The van der Waals surface area contributed by atoms with Crippen LogP contribution in [-0.2, 0) is 6.54 Å². The van der Waals surface area contributed by atoms with Crippen molar-refractivity contribution in [1.29, 1.82) is 0 Å². The molecule has 0 atom stereocenters. The van der Waals surface area contributed by atoms with Gasteiger partial charge < -0.3 is 15.0 Å². The molecule has 144 valence electrons. The minimum Gasteiger partial charge on any atom is -0.494 e. The average molecular weight is 377 g/mol. The molecule has 0 spiro atoms. The van der Waals surface area contributed by atoms with Crippen LogP contribution in [0.1, 0.15) is 31.4 Å². The molecule has 0 saturated heterocycles. The first-order valence-corrected chi connectivity index (χ1v) is 9.21. The van der Waals surface area contributed by atoms with Crippen LogP contribution in [0, 0.1) is 24.1 Å². The third-order valence-corrected chi connectivity index (χ3v) is 4.71. The molecule has 0 aliphatic rings. The van der Waals surface area contributed by atoms with Gasteiger partial charge in [-0.1, -0.05) is 31.9 Å². The van der Waals surface area contributed by atoms with Crippen LogP contribution >= 0.6 is 0 Å². The first kappa shape index (κ1) is 19.5. The zero-order valence-corrected chi connectivity index (χ0v) is 16.4. The summed E-state index contributed by atoms with van der Waals surface area (Å²) in [6.45, 7) is 5.13. The molecule has 0 unspecified atom stereocenters. The van der Waals surface area contributed by atoms with E-state index in [0.29, 0.717) is 17.4 Å². The number of imidazole rings is 1. The lowest BCUT2D eigenvalue weighted by molar-refractivity contribution is 0.386. The first-order valence-electron chi connectivity index (χ1n) is 9.21. The highest BCUT2D eigenvalue weighted by atomic mass is 19.1. The number of benzene rings is 2. The number of nitrogens with zero attached hydrogens (tertiary/aromatic N) is 2. The summed E-state index contributed by atoms with van der Waals surface area (Å²) in [4.78, 5) is 4.45. The lowest BCUT2D eigenvalue weighted by Crippen LogP contribution is -2.05. The van der Waals surface area contributed by atoms with Gasteiger partial charge in [-0.05, 0) is 59.4 Å². The molecule has 3 aromatic rings. The van der Waals surface area contributed by atoms with Crippen molar-refractivity contribution in [3.63, 3.8) is 0 Å². The van der Waals surface area contributed by atoms with Crippen LogP contribution in [0.3, 0.4) is 0 Å². The number of ether oxygens (including phenoxy) is 1. The number of rotatable bonds is 6. The fourth-order valence-electron chi connectivity index (χ4n) is 3.18. The molecule has 3 rings (SSSR count). The largest absolute Gasteiger partial charge is 0.494 e. The van der Waals surface area contributed by atoms with Gasteiger partial charge in [0.1, 0.15) is 0 Å². The number of halogens is 1. The van der Waals surface area contributed by atoms with Crippen LogP contribution in [0.5, 0.6) is 5.75 Å². The summed E-state index contributed by atoms with van der Waals surface area (Å²) in [6.07, 6.45) is 8.18. The average Bonchev–Trinajstić information content (AvgIpc) is 2.98. The van der Waals surface area contributed by atoms with Gasteiger partial charge in [0.05, 0.1) is 18.1 Å². The Morgan fingerprint density at radius 3 is 2.64 bits per heavy atom. The molecule has 0 bridgehead atoms. The Balaban J connectivity index is 2.09. The molecule has 28 heavy (non-hydrogen) atoms. The van der Waals surface area contributed by atoms with Gasteiger partial charge in [-0.2, -0.15) is 0 Å². The number of methoxy groups -OCH3 is 1. The van der Waals surface area contributed by atoms with Gasteiger partial charge in [-0.15, -0.1) is 6.42 Å². The van der Waals surface area contributed by atoms with Crippen LogP contribution < -0.4 is 10.5 Å². The lowest BCUT2D eigenvalue weighted by Gasteiger charge is -2.12. The van der Waals surface area contributed by atoms with Crippen LogP contribution in [0.15, 0.2) is 42.5 Å². The Morgan fingerprint density at radius 1 is 1.29 bits per heavy atom. The van der Waals surface area contributed by atoms with E-state index in [1.54, 1.807) is 18.2 Å². The minimum atomic E-state index is -0.435. The summed E-state index contributed by atoms with van der Waals surface area (Å²) in [7, 11) is 1.44. The van der Waals surface area contributed by atoms with Crippen molar-refractivity contribution in [2.75, 3.05) is 12.8 Å². The summed E-state index contributed by atoms with van der Waals surface area (Å²) in [5.41, 5.74) is 10.2. The number of anilines is 1. The van der Waals surface area contributed by atoms with Crippen LogP contribution in [0.4, 0.5) is 10.3 Å². The zero-order valence-electron chi connectivity index (χ0n) is 16.4. The van der Waals surface area contributed by atoms with Gasteiger partial charge in [0.2, 0.25) is 5.95 Å². The molecular formula is C23H24FN3O. The van der Waals surface area contributed by atoms with E-state index in [1.807, 2.05) is 22.8 Å². The van der Waals surface area contributed by atoms with Gasteiger partial charge in [-0.25, -0.2) is 9.37 Å². The molecule has 1 heterocycles. The van der Waals surface area contributed by atoms with Crippen molar-refractivity contribution < 1.29 is 9.13 Å². The zero-order chi connectivity index (χ0) is 20.3. The van der Waals surface area contributed by atoms with Crippen molar-refractivity contribution >= 4 is 22.6 Å². The molecular weight excluding hydrogens is 353 g/mol. The van der Waals surface area contributed by atoms with Crippen molar-refractivity contribution in [3.05, 3.63) is 59.4 Å². The summed E-state index contributed by atoms with van der Waals surface area (Å²) >= 11 is 0. The number of hydrogen-bond donors (Lipinski definition) is 1. The number of aryl methyl sites for hydroxylation is 1. The molecule has 4 nitrogen and oxygen atoms in total. The van der Waals surface area contributed by atoms with E-state index < -0.39 is 5.82 Å². The van der Waals surface area contributed by atoms with Crippen LogP contribution in [-0.4, -0.2) is 16.7 Å². The van der Waals surface area contributed by atoms with E-state index in [4.69, 9.17) is 16.9 Å². The summed E-state index contributed by atoms with van der Waals surface area (Å²) < 4.78 is 21.3. The maximum absolute atomic E-state index is 14.2. The molecule has 2 N–H and O–H groups in total. The number of fused-ring (bicyclic) bond motifs is 1. The molecule has 0 fully saturated rings. The van der Waals surface area contributed by atoms with Gasteiger partial charge in [0.15, 0.2) is 11.6 Å². The molecule has 0 radical (unpaired) electrons. The first-order chi connectivity index (χ1) is 13.4. The second-order valence-electron chi connectivity index (χ2n) is 7.08. The van der Waals surface area contributed by atoms with Crippen LogP contribution in [0.2, 0.25) is 0 Å². The van der Waals surface area contributed by atoms with E-state index in [0.717, 1.165) is 35.1 Å². The monoisotopic (exact) mass is 377 g/mol. The lowest BCUT2D eigenvalue weighted by atomic mass is 9.97. The third kappa shape index (κ3) is 3.86. The van der Waals surface area contributed by atoms with E-state index >= 15 is 0 Å². The second-order valence-corrected chi connectivity index (χ2v) is 7.08. The second kappa shape index (κ2) is 8.18. The smallest absolute Gasteiger partial charge is 0.201 e. The van der Waals surface area contributed by atoms with Crippen molar-refractivity contribution in [3.8, 4) is 18.1 Å². The number of allylic oxidation sites excluding steroid dienone is 1. The van der Waals surface area contributed by atoms with E-state index in [2.05, 4.69) is 24.8 Å². The molecule has 5 heteroatoms. The maximum atomic E-state index is 14.2. The molecule has 0 amide bonds. The van der Waals surface area contributed by atoms with Gasteiger partial charge >= 0.3 is 0 Å². The van der Waals surface area contributed by atoms with Gasteiger partial charge in [-0.3, -0.25) is 0 Å². The fourth-order valence-corrected chi connectivity index (χ4v) is 3.18. The predicted octanol–water partition coefficient (Wildman–Crippen LogP) is 4.88. The summed E-state index contributed by atoms with van der Waals surface area (Å²) in [5.74, 6) is 3.36. The van der Waals surface area contributed by atoms with E-state index in [-0.39, 0.29) is 5.75 Å². The molecule has 0 aliphatic heterocycles. The highest BCUT2D eigenvalue weighted by Crippen LogP contribution is 2.30. The number of nitrogen functional groups attached to an aromatic ring is 1. The summed E-state index contributed by atoms with van der Waals surface area (Å²) in [6, 6.07) is 10.7. The molecule has 0 aliphatic carbocycles. The van der Waals surface area contributed by atoms with E-state index in [9.17, 15) is 4.39 Å². The van der Waals surface area contributed by atoms with Crippen molar-refractivity contribution in [2.45, 2.75) is 26.8 Å². The van der Waals surface area contributed by atoms with Gasteiger partial charge in [0, 0.05) is 6.54 Å². The normalized spacial score (nSPS) is 11.8. The standard InChI is InChI=1S/C23H24FN3O/c1-5-6-18(16-8-10-22(28-4)19(24)13-16)17-7-9-20-21(14-17)27(23(25)26-20)12-11-15(2)3/h1,6-10,13-15H,11-12H2,2-4H3,(H2,25,26)/b18-6+.